The first kappa shape index (κ1) is 15.6. The quantitative estimate of drug-likeness (QED) is 0.593. The van der Waals surface area contributed by atoms with E-state index >= 15 is 0 Å². The monoisotopic (exact) mass is 279 g/mol. The highest BCUT2D eigenvalue weighted by Crippen LogP contribution is 2.12. The van der Waals surface area contributed by atoms with Crippen molar-refractivity contribution in [2.24, 2.45) is 0 Å². The predicted molar refractivity (Wildman–Crippen MR) is 73.1 cm³/mol. The Balaban J connectivity index is 2.54. The molecule has 108 valence electrons. The van der Waals surface area contributed by atoms with Crippen molar-refractivity contribution in [2.75, 3.05) is 6.54 Å². The Labute approximate surface area is 116 Å². The smallest absolute Gasteiger partial charge is 0.269 e. The Morgan fingerprint density at radius 3 is 2.40 bits per heavy atom. The molecule has 0 saturated heterocycles. The third-order valence-corrected chi connectivity index (χ3v) is 2.63. The van der Waals surface area contributed by atoms with Crippen LogP contribution in [0.3, 0.4) is 0 Å². The minimum atomic E-state index is -0.611. The van der Waals surface area contributed by atoms with Gasteiger partial charge >= 0.3 is 0 Å². The highest BCUT2D eigenvalue weighted by Gasteiger charge is 2.15. The largest absolute Gasteiger partial charge is 0.355 e. The van der Waals surface area contributed by atoms with Gasteiger partial charge in [-0.15, -0.1) is 0 Å². The van der Waals surface area contributed by atoms with Crippen molar-refractivity contribution in [1.29, 1.82) is 0 Å². The van der Waals surface area contributed by atoms with Crippen LogP contribution in [-0.4, -0.2) is 29.3 Å². The van der Waals surface area contributed by atoms with E-state index in [4.69, 9.17) is 0 Å². The molecule has 0 aliphatic carbocycles. The minimum Gasteiger partial charge on any atom is -0.355 e. The molecule has 7 nitrogen and oxygen atoms in total. The minimum absolute atomic E-state index is 0.0233. The van der Waals surface area contributed by atoms with E-state index in [-0.39, 0.29) is 23.9 Å². The van der Waals surface area contributed by atoms with Crippen LogP contribution in [0.1, 0.15) is 19.4 Å². The molecular formula is C13H17N3O4. The van der Waals surface area contributed by atoms with Crippen LogP contribution in [0.5, 0.6) is 0 Å². The van der Waals surface area contributed by atoms with Gasteiger partial charge in [-0.1, -0.05) is 12.1 Å². The maximum atomic E-state index is 11.7. The molecule has 1 rings (SSSR count). The summed E-state index contributed by atoms with van der Waals surface area (Å²) in [4.78, 5) is 33.2. The van der Waals surface area contributed by atoms with Crippen LogP contribution < -0.4 is 10.6 Å². The molecule has 20 heavy (non-hydrogen) atoms. The van der Waals surface area contributed by atoms with Crippen molar-refractivity contribution in [3.05, 3.63) is 39.9 Å². The van der Waals surface area contributed by atoms with Crippen LogP contribution in [0.25, 0.3) is 0 Å². The molecule has 0 heterocycles. The summed E-state index contributed by atoms with van der Waals surface area (Å²) >= 11 is 0. The van der Waals surface area contributed by atoms with Gasteiger partial charge in [-0.3, -0.25) is 19.7 Å². The summed E-state index contributed by atoms with van der Waals surface area (Å²) in [5.74, 6) is -0.554. The number of rotatable bonds is 6. The average Bonchev–Trinajstić information content (AvgIpc) is 2.39. The highest BCUT2D eigenvalue weighted by molar-refractivity contribution is 5.88. The normalized spacial score (nSPS) is 11.5. The molecule has 0 spiro atoms. The van der Waals surface area contributed by atoms with Gasteiger partial charge in [-0.25, -0.2) is 0 Å². The topological polar surface area (TPSA) is 101 Å². The van der Waals surface area contributed by atoms with E-state index in [9.17, 15) is 19.7 Å². The van der Waals surface area contributed by atoms with Gasteiger partial charge in [0.2, 0.25) is 11.8 Å². The van der Waals surface area contributed by atoms with Gasteiger partial charge in [0.25, 0.3) is 5.69 Å². The first-order valence-corrected chi connectivity index (χ1v) is 6.24. The first-order valence-electron chi connectivity index (χ1n) is 6.24. The summed E-state index contributed by atoms with van der Waals surface area (Å²) in [5, 5.41) is 15.7. The van der Waals surface area contributed by atoms with Gasteiger partial charge in [0.15, 0.2) is 0 Å². The third kappa shape index (κ3) is 4.68. The summed E-state index contributed by atoms with van der Waals surface area (Å²) in [6, 6.07) is 5.12. The average molecular weight is 279 g/mol. The summed E-state index contributed by atoms with van der Waals surface area (Å²) in [6.45, 7) is 3.89. The fourth-order valence-corrected chi connectivity index (χ4v) is 1.61. The Hall–Kier alpha value is -2.44. The maximum Gasteiger partial charge on any atom is 0.269 e. The Morgan fingerprint density at radius 2 is 1.90 bits per heavy atom. The van der Waals surface area contributed by atoms with Gasteiger partial charge in [-0.2, -0.15) is 0 Å². The summed E-state index contributed by atoms with van der Waals surface area (Å²) in [7, 11) is 0. The molecular weight excluding hydrogens is 262 g/mol. The molecule has 0 unspecified atom stereocenters. The number of non-ortho nitro benzene ring substituents is 1. The standard InChI is InChI=1S/C13H17N3O4/c1-3-14-13(18)9(2)15-12(17)8-10-4-6-11(7-5-10)16(19)20/h4-7,9H,3,8H2,1-2H3,(H,14,18)(H,15,17)/t9-/m0/s1. The molecule has 2 N–H and O–H groups in total. The van der Waals surface area contributed by atoms with Gasteiger partial charge in [0, 0.05) is 18.7 Å². The fourth-order valence-electron chi connectivity index (χ4n) is 1.61. The van der Waals surface area contributed by atoms with E-state index in [0.29, 0.717) is 12.1 Å². The number of nitro benzene ring substituents is 1. The fraction of sp³-hybridized carbons (Fsp3) is 0.385. The number of amides is 2. The predicted octanol–water partition coefficient (Wildman–Crippen LogP) is 0.778. The zero-order valence-electron chi connectivity index (χ0n) is 11.4. The zero-order chi connectivity index (χ0) is 15.1. The molecule has 7 heteroatoms. The second-order valence-corrected chi connectivity index (χ2v) is 4.28. The lowest BCUT2D eigenvalue weighted by molar-refractivity contribution is -0.384. The lowest BCUT2D eigenvalue weighted by Crippen LogP contribution is -2.45. The molecule has 0 radical (unpaired) electrons. The van der Waals surface area contributed by atoms with E-state index in [0.717, 1.165) is 0 Å². The van der Waals surface area contributed by atoms with Gasteiger partial charge in [0.1, 0.15) is 6.04 Å². The number of nitro groups is 1. The number of likely N-dealkylation sites (N-methyl/N-ethyl adjacent to an activating group) is 1. The molecule has 0 aliphatic heterocycles. The van der Waals surface area contributed by atoms with Crippen LogP contribution in [0, 0.1) is 10.1 Å². The van der Waals surface area contributed by atoms with Crippen LogP contribution in [-0.2, 0) is 16.0 Å². The molecule has 2 amide bonds. The SMILES string of the molecule is CCNC(=O)[C@H](C)NC(=O)Cc1ccc([N+](=O)[O-])cc1. The molecule has 1 atom stereocenters. The Bertz CT molecular complexity index is 499. The van der Waals surface area contributed by atoms with Crippen LogP contribution in [0.2, 0.25) is 0 Å². The first-order chi connectivity index (χ1) is 9.43. The second kappa shape index (κ2) is 7.22. The van der Waals surface area contributed by atoms with E-state index in [1.54, 1.807) is 13.8 Å². The lowest BCUT2D eigenvalue weighted by atomic mass is 10.1. The molecule has 1 aromatic carbocycles. The molecule has 0 aliphatic rings. The lowest BCUT2D eigenvalue weighted by Gasteiger charge is -2.13. The van der Waals surface area contributed by atoms with Gasteiger partial charge in [-0.05, 0) is 19.4 Å². The third-order valence-electron chi connectivity index (χ3n) is 2.63. The van der Waals surface area contributed by atoms with Crippen LogP contribution >= 0.6 is 0 Å². The van der Waals surface area contributed by atoms with Crippen molar-refractivity contribution in [3.63, 3.8) is 0 Å². The maximum absolute atomic E-state index is 11.7. The summed E-state index contributed by atoms with van der Waals surface area (Å²) in [5.41, 5.74) is 0.626. The summed E-state index contributed by atoms with van der Waals surface area (Å²) in [6.07, 6.45) is 0.0712. The molecule has 0 aromatic heterocycles. The number of hydrogen-bond donors (Lipinski definition) is 2. The van der Waals surface area contributed by atoms with E-state index in [1.165, 1.54) is 24.3 Å². The Morgan fingerprint density at radius 1 is 1.30 bits per heavy atom. The number of nitrogens with zero attached hydrogens (tertiary/aromatic N) is 1. The Kier molecular flexibility index (Phi) is 5.64. The van der Waals surface area contributed by atoms with Gasteiger partial charge in [0.05, 0.1) is 11.3 Å². The zero-order valence-corrected chi connectivity index (χ0v) is 11.4. The van der Waals surface area contributed by atoms with Crippen molar-refractivity contribution in [3.8, 4) is 0 Å². The number of carbonyl (C=O) groups excluding carboxylic acids is 2. The van der Waals surface area contributed by atoms with E-state index in [1.807, 2.05) is 0 Å². The van der Waals surface area contributed by atoms with Gasteiger partial charge < -0.3 is 10.6 Å². The highest BCUT2D eigenvalue weighted by atomic mass is 16.6. The number of benzene rings is 1. The van der Waals surface area contributed by atoms with Crippen molar-refractivity contribution in [2.45, 2.75) is 26.3 Å². The van der Waals surface area contributed by atoms with E-state index in [2.05, 4.69) is 10.6 Å². The second-order valence-electron chi connectivity index (χ2n) is 4.28. The molecule has 0 fully saturated rings. The molecule has 1 aromatic rings. The molecule has 0 bridgehead atoms. The number of carbonyl (C=O) groups is 2. The van der Waals surface area contributed by atoms with Crippen LogP contribution in [0.15, 0.2) is 24.3 Å². The number of hydrogen-bond acceptors (Lipinski definition) is 4. The van der Waals surface area contributed by atoms with Crippen LogP contribution in [0.4, 0.5) is 5.69 Å². The summed E-state index contributed by atoms with van der Waals surface area (Å²) < 4.78 is 0. The van der Waals surface area contributed by atoms with E-state index < -0.39 is 11.0 Å². The van der Waals surface area contributed by atoms with Crippen molar-refractivity contribution < 1.29 is 14.5 Å². The van der Waals surface area contributed by atoms with Crippen molar-refractivity contribution in [1.82, 2.24) is 10.6 Å². The van der Waals surface area contributed by atoms with Crippen molar-refractivity contribution >= 4 is 17.5 Å². The number of nitrogens with one attached hydrogen (secondary N) is 2. The molecule has 0 saturated carbocycles.